The molecule has 0 radical (unpaired) electrons. The number of phenols is 1. The van der Waals surface area contributed by atoms with E-state index in [1.54, 1.807) is 18.3 Å². The monoisotopic (exact) mass is 239 g/mol. The van der Waals surface area contributed by atoms with E-state index in [0.717, 1.165) is 5.69 Å². The topological polar surface area (TPSA) is 82.5 Å². The van der Waals surface area contributed by atoms with Gasteiger partial charge in [-0.2, -0.15) is 0 Å². The zero-order valence-corrected chi connectivity index (χ0v) is 9.67. The molecule has 0 saturated heterocycles. The standard InChI is InChI=1S/C14H13N3O/c15-14(16)10-6-7-13(18)11(8-10)9-17-12-4-2-1-3-5-12/h1-9,18H,(H3,15,16). The highest BCUT2D eigenvalue weighted by Gasteiger charge is 2.02. The summed E-state index contributed by atoms with van der Waals surface area (Å²) in [6.45, 7) is 0. The van der Waals surface area contributed by atoms with Crippen LogP contribution in [0.2, 0.25) is 0 Å². The van der Waals surface area contributed by atoms with Gasteiger partial charge in [-0.05, 0) is 30.3 Å². The molecule has 4 heteroatoms. The molecule has 0 aliphatic carbocycles. The molecule has 0 amide bonds. The van der Waals surface area contributed by atoms with Gasteiger partial charge >= 0.3 is 0 Å². The number of nitrogen functional groups attached to an aromatic ring is 1. The van der Waals surface area contributed by atoms with Gasteiger partial charge < -0.3 is 10.8 Å². The Bertz CT molecular complexity index is 591. The van der Waals surface area contributed by atoms with Gasteiger partial charge in [0.25, 0.3) is 0 Å². The lowest BCUT2D eigenvalue weighted by Crippen LogP contribution is -2.11. The van der Waals surface area contributed by atoms with Crippen molar-refractivity contribution in [3.05, 3.63) is 59.7 Å². The van der Waals surface area contributed by atoms with Gasteiger partial charge in [0.1, 0.15) is 11.6 Å². The van der Waals surface area contributed by atoms with Crippen LogP contribution in [0.3, 0.4) is 0 Å². The fourth-order valence-electron chi connectivity index (χ4n) is 1.48. The SMILES string of the molecule is N=C(N)c1ccc(O)c(C=Nc2ccccc2)c1. The third-order valence-corrected chi connectivity index (χ3v) is 2.45. The lowest BCUT2D eigenvalue weighted by Gasteiger charge is -2.02. The van der Waals surface area contributed by atoms with Crippen LogP contribution in [0.5, 0.6) is 5.75 Å². The first-order valence-electron chi connectivity index (χ1n) is 5.43. The van der Waals surface area contributed by atoms with E-state index < -0.39 is 0 Å². The lowest BCUT2D eigenvalue weighted by molar-refractivity contribution is 0.474. The fraction of sp³-hybridized carbons (Fsp3) is 0. The highest BCUT2D eigenvalue weighted by atomic mass is 16.3. The van der Waals surface area contributed by atoms with Crippen LogP contribution in [-0.4, -0.2) is 17.2 Å². The van der Waals surface area contributed by atoms with Crippen molar-refractivity contribution in [3.63, 3.8) is 0 Å². The van der Waals surface area contributed by atoms with Crippen molar-refractivity contribution < 1.29 is 5.11 Å². The Morgan fingerprint density at radius 3 is 2.56 bits per heavy atom. The molecule has 0 bridgehead atoms. The zero-order valence-electron chi connectivity index (χ0n) is 9.67. The van der Waals surface area contributed by atoms with E-state index in [1.807, 2.05) is 30.3 Å². The van der Waals surface area contributed by atoms with Crippen LogP contribution in [0, 0.1) is 5.41 Å². The van der Waals surface area contributed by atoms with E-state index in [0.29, 0.717) is 11.1 Å². The molecular formula is C14H13N3O. The molecule has 90 valence electrons. The summed E-state index contributed by atoms with van der Waals surface area (Å²) in [4.78, 5) is 4.24. The molecule has 2 aromatic carbocycles. The second kappa shape index (κ2) is 5.14. The smallest absolute Gasteiger partial charge is 0.124 e. The fourth-order valence-corrected chi connectivity index (χ4v) is 1.48. The maximum Gasteiger partial charge on any atom is 0.124 e. The van der Waals surface area contributed by atoms with Crippen LogP contribution >= 0.6 is 0 Å². The summed E-state index contributed by atoms with van der Waals surface area (Å²) in [5.74, 6) is 0.0732. The van der Waals surface area contributed by atoms with Crippen molar-refractivity contribution in [1.29, 1.82) is 5.41 Å². The molecule has 0 aromatic heterocycles. The molecule has 0 aliphatic heterocycles. The van der Waals surface area contributed by atoms with Gasteiger partial charge in [0.2, 0.25) is 0 Å². The van der Waals surface area contributed by atoms with E-state index in [9.17, 15) is 5.11 Å². The second-order valence-electron chi connectivity index (χ2n) is 3.78. The molecule has 0 atom stereocenters. The summed E-state index contributed by atoms with van der Waals surface area (Å²) in [6.07, 6.45) is 1.55. The predicted octanol–water partition coefficient (Wildman–Crippen LogP) is 2.43. The number of nitrogens with two attached hydrogens (primary N) is 1. The van der Waals surface area contributed by atoms with Gasteiger partial charge in [0, 0.05) is 17.3 Å². The highest BCUT2D eigenvalue weighted by molar-refractivity contribution is 5.97. The summed E-state index contributed by atoms with van der Waals surface area (Å²) < 4.78 is 0. The van der Waals surface area contributed by atoms with E-state index in [1.165, 1.54) is 6.07 Å². The number of hydrogen-bond donors (Lipinski definition) is 3. The average molecular weight is 239 g/mol. The lowest BCUT2D eigenvalue weighted by atomic mass is 10.1. The van der Waals surface area contributed by atoms with Crippen LogP contribution < -0.4 is 5.73 Å². The Kier molecular flexibility index (Phi) is 3.38. The number of hydrogen-bond acceptors (Lipinski definition) is 3. The van der Waals surface area contributed by atoms with Crippen LogP contribution in [0.1, 0.15) is 11.1 Å². The van der Waals surface area contributed by atoms with Gasteiger partial charge in [0.15, 0.2) is 0 Å². The van der Waals surface area contributed by atoms with Gasteiger partial charge in [-0.15, -0.1) is 0 Å². The number of amidine groups is 1. The molecular weight excluding hydrogens is 226 g/mol. The van der Waals surface area contributed by atoms with E-state index in [2.05, 4.69) is 4.99 Å². The van der Waals surface area contributed by atoms with Gasteiger partial charge in [-0.25, -0.2) is 0 Å². The van der Waals surface area contributed by atoms with Crippen LogP contribution in [0.4, 0.5) is 5.69 Å². The largest absolute Gasteiger partial charge is 0.507 e. The molecule has 0 fully saturated rings. The normalized spacial score (nSPS) is 10.7. The van der Waals surface area contributed by atoms with Gasteiger partial charge in [-0.3, -0.25) is 10.4 Å². The number of nitrogens with one attached hydrogen (secondary N) is 1. The Morgan fingerprint density at radius 2 is 1.89 bits per heavy atom. The van der Waals surface area contributed by atoms with Crippen LogP contribution in [0.15, 0.2) is 53.5 Å². The average Bonchev–Trinajstić information content (AvgIpc) is 2.38. The first-order chi connectivity index (χ1) is 8.66. The summed E-state index contributed by atoms with van der Waals surface area (Å²) >= 11 is 0. The van der Waals surface area contributed by atoms with Crippen molar-refractivity contribution in [2.45, 2.75) is 0 Å². The summed E-state index contributed by atoms with van der Waals surface area (Å²) in [5, 5.41) is 17.0. The van der Waals surface area contributed by atoms with Gasteiger partial charge in [0.05, 0.1) is 5.69 Å². The van der Waals surface area contributed by atoms with Crippen molar-refractivity contribution in [1.82, 2.24) is 0 Å². The molecule has 4 nitrogen and oxygen atoms in total. The molecule has 0 aliphatic rings. The summed E-state index contributed by atoms with van der Waals surface area (Å²) in [5.41, 5.74) is 7.29. The summed E-state index contributed by atoms with van der Waals surface area (Å²) in [6, 6.07) is 14.1. The minimum Gasteiger partial charge on any atom is -0.507 e. The first kappa shape index (κ1) is 11.9. The molecule has 2 aromatic rings. The number of rotatable bonds is 3. The number of benzene rings is 2. The van der Waals surface area contributed by atoms with Crippen molar-refractivity contribution in [2.24, 2.45) is 10.7 Å². The Balaban J connectivity index is 2.31. The minimum absolute atomic E-state index is 0.0376. The number of para-hydroxylation sites is 1. The Hall–Kier alpha value is -2.62. The zero-order chi connectivity index (χ0) is 13.0. The minimum atomic E-state index is -0.0376. The molecule has 2 rings (SSSR count). The Labute approximate surface area is 105 Å². The highest BCUT2D eigenvalue weighted by Crippen LogP contribution is 2.18. The van der Waals surface area contributed by atoms with Crippen LogP contribution in [-0.2, 0) is 0 Å². The summed E-state index contributed by atoms with van der Waals surface area (Å²) in [7, 11) is 0. The molecule has 0 saturated carbocycles. The maximum atomic E-state index is 9.69. The van der Waals surface area contributed by atoms with Crippen LogP contribution in [0.25, 0.3) is 0 Å². The number of nitrogens with zero attached hydrogens (tertiary/aromatic N) is 1. The van der Waals surface area contributed by atoms with Crippen molar-refractivity contribution in [3.8, 4) is 5.75 Å². The predicted molar refractivity (Wildman–Crippen MR) is 72.8 cm³/mol. The molecule has 18 heavy (non-hydrogen) atoms. The third kappa shape index (κ3) is 2.74. The molecule has 0 heterocycles. The molecule has 4 N–H and O–H groups in total. The maximum absolute atomic E-state index is 9.69. The number of phenolic OH excluding ortho intramolecular Hbond substituents is 1. The Morgan fingerprint density at radius 1 is 1.17 bits per heavy atom. The number of aliphatic imine (C=N–C) groups is 1. The number of aromatic hydroxyl groups is 1. The van der Waals surface area contributed by atoms with Crippen molar-refractivity contribution in [2.75, 3.05) is 0 Å². The van der Waals surface area contributed by atoms with E-state index in [4.69, 9.17) is 11.1 Å². The molecule has 0 unspecified atom stereocenters. The van der Waals surface area contributed by atoms with E-state index in [-0.39, 0.29) is 11.6 Å². The first-order valence-corrected chi connectivity index (χ1v) is 5.43. The third-order valence-electron chi connectivity index (χ3n) is 2.45. The second-order valence-corrected chi connectivity index (χ2v) is 3.78. The van der Waals surface area contributed by atoms with Crippen molar-refractivity contribution >= 4 is 17.7 Å². The van der Waals surface area contributed by atoms with E-state index >= 15 is 0 Å². The molecule has 0 spiro atoms. The van der Waals surface area contributed by atoms with Gasteiger partial charge in [-0.1, -0.05) is 18.2 Å². The quantitative estimate of drug-likeness (QED) is 0.567.